The van der Waals surface area contributed by atoms with Gasteiger partial charge in [-0.15, -0.1) is 0 Å². The number of carbonyl (C=O) groups excluding carboxylic acids is 2. The second-order valence-corrected chi connectivity index (χ2v) is 5.63. The fourth-order valence-electron chi connectivity index (χ4n) is 2.41. The Balaban J connectivity index is 1.65. The number of oxime groups is 1. The van der Waals surface area contributed by atoms with Gasteiger partial charge in [-0.3, -0.25) is 4.79 Å². The lowest BCUT2D eigenvalue weighted by molar-refractivity contribution is -0.135. The number of imide groups is 1. The van der Waals surface area contributed by atoms with Gasteiger partial charge in [0.15, 0.2) is 11.7 Å². The van der Waals surface area contributed by atoms with E-state index in [1.54, 1.807) is 13.8 Å². The highest BCUT2D eigenvalue weighted by atomic mass is 16.6. The average Bonchev–Trinajstić information content (AvgIpc) is 2.99. The summed E-state index contributed by atoms with van der Waals surface area (Å²) in [5.74, 6) is -0.343. The van der Waals surface area contributed by atoms with Crippen molar-refractivity contribution in [3.05, 3.63) is 35.9 Å². The average molecular weight is 288 g/mol. The molecule has 1 atom stereocenters. The van der Waals surface area contributed by atoms with Crippen LogP contribution in [0, 0.1) is 0 Å². The molecule has 1 saturated heterocycles. The first-order chi connectivity index (χ1) is 9.97. The van der Waals surface area contributed by atoms with E-state index in [-0.39, 0.29) is 18.6 Å². The van der Waals surface area contributed by atoms with Crippen LogP contribution in [0.4, 0.5) is 4.79 Å². The number of hydrogen-bond donors (Lipinski definition) is 0. The SMILES string of the molecule is CC1(C)OC(=O)N(CC2CC(c3ccccc3)=NO2)C1=O. The van der Waals surface area contributed by atoms with Crippen LogP contribution < -0.4 is 0 Å². The van der Waals surface area contributed by atoms with Crippen molar-refractivity contribution in [1.82, 2.24) is 4.90 Å². The van der Waals surface area contributed by atoms with Gasteiger partial charge in [0.05, 0.1) is 12.3 Å². The summed E-state index contributed by atoms with van der Waals surface area (Å²) in [6, 6.07) is 9.67. The third-order valence-corrected chi connectivity index (χ3v) is 3.55. The van der Waals surface area contributed by atoms with Gasteiger partial charge in [0.2, 0.25) is 0 Å². The Morgan fingerprint density at radius 3 is 2.62 bits per heavy atom. The number of carbonyl (C=O) groups is 2. The number of ether oxygens (including phenoxy) is 1. The molecule has 2 amide bonds. The molecule has 1 aromatic carbocycles. The second kappa shape index (κ2) is 4.87. The third-order valence-electron chi connectivity index (χ3n) is 3.55. The van der Waals surface area contributed by atoms with Gasteiger partial charge in [-0.05, 0) is 19.4 Å². The molecular weight excluding hydrogens is 272 g/mol. The summed E-state index contributed by atoms with van der Waals surface area (Å²) in [5.41, 5.74) is 0.703. The molecule has 1 aromatic rings. The monoisotopic (exact) mass is 288 g/mol. The van der Waals surface area contributed by atoms with Gasteiger partial charge in [-0.25, -0.2) is 9.69 Å². The molecule has 2 aliphatic rings. The fraction of sp³-hybridized carbons (Fsp3) is 0.400. The molecular formula is C15H16N2O4. The first-order valence-electron chi connectivity index (χ1n) is 6.80. The topological polar surface area (TPSA) is 68.2 Å². The Morgan fingerprint density at radius 1 is 1.29 bits per heavy atom. The number of nitrogens with zero attached hydrogens (tertiary/aromatic N) is 2. The normalized spacial score (nSPS) is 23.8. The van der Waals surface area contributed by atoms with E-state index >= 15 is 0 Å². The van der Waals surface area contributed by atoms with Crippen LogP contribution >= 0.6 is 0 Å². The van der Waals surface area contributed by atoms with Crippen LogP contribution in [0.15, 0.2) is 35.5 Å². The summed E-state index contributed by atoms with van der Waals surface area (Å²) in [5, 5.41) is 4.04. The third kappa shape index (κ3) is 2.49. The molecule has 0 bridgehead atoms. The van der Waals surface area contributed by atoms with E-state index in [0.29, 0.717) is 6.42 Å². The van der Waals surface area contributed by atoms with E-state index in [1.165, 1.54) is 0 Å². The van der Waals surface area contributed by atoms with Crippen LogP contribution in [0.3, 0.4) is 0 Å². The number of cyclic esters (lactones) is 1. The predicted octanol–water partition coefficient (Wildman–Crippen LogP) is 1.94. The lowest BCUT2D eigenvalue weighted by Gasteiger charge is -2.16. The minimum atomic E-state index is -1.10. The van der Waals surface area contributed by atoms with E-state index in [1.807, 2.05) is 30.3 Å². The summed E-state index contributed by atoms with van der Waals surface area (Å²) >= 11 is 0. The molecule has 0 saturated carbocycles. The number of rotatable bonds is 3. The van der Waals surface area contributed by atoms with Crippen molar-refractivity contribution >= 4 is 17.7 Å². The number of hydrogen-bond acceptors (Lipinski definition) is 5. The largest absolute Gasteiger partial charge is 0.433 e. The first-order valence-corrected chi connectivity index (χ1v) is 6.80. The van der Waals surface area contributed by atoms with Crippen LogP contribution in [-0.4, -0.2) is 40.9 Å². The van der Waals surface area contributed by atoms with Crippen molar-refractivity contribution in [3.63, 3.8) is 0 Å². The van der Waals surface area contributed by atoms with Crippen LogP contribution in [0.25, 0.3) is 0 Å². The molecule has 0 aromatic heterocycles. The van der Waals surface area contributed by atoms with Gasteiger partial charge in [0.25, 0.3) is 5.91 Å². The predicted molar refractivity (Wildman–Crippen MR) is 74.7 cm³/mol. The Bertz CT molecular complexity index is 609. The summed E-state index contributed by atoms with van der Waals surface area (Å²) in [7, 11) is 0. The van der Waals surface area contributed by atoms with E-state index in [0.717, 1.165) is 16.2 Å². The molecule has 110 valence electrons. The first kappa shape index (κ1) is 13.6. The highest BCUT2D eigenvalue weighted by Crippen LogP contribution is 2.25. The Labute approximate surface area is 122 Å². The summed E-state index contributed by atoms with van der Waals surface area (Å²) in [6.45, 7) is 3.31. The van der Waals surface area contributed by atoms with Gasteiger partial charge >= 0.3 is 6.09 Å². The van der Waals surface area contributed by atoms with Crippen LogP contribution in [-0.2, 0) is 14.4 Å². The minimum Gasteiger partial charge on any atom is -0.433 e. The summed E-state index contributed by atoms with van der Waals surface area (Å²) in [6.07, 6.45) is -0.394. The summed E-state index contributed by atoms with van der Waals surface area (Å²) < 4.78 is 5.04. The van der Waals surface area contributed by atoms with Gasteiger partial charge in [-0.2, -0.15) is 0 Å². The van der Waals surface area contributed by atoms with E-state index in [2.05, 4.69) is 5.16 Å². The van der Waals surface area contributed by atoms with Crippen molar-refractivity contribution in [2.45, 2.75) is 32.0 Å². The molecule has 1 fully saturated rings. The van der Waals surface area contributed by atoms with E-state index < -0.39 is 11.7 Å². The molecule has 2 aliphatic heterocycles. The molecule has 1 unspecified atom stereocenters. The standard InChI is InChI=1S/C15H16N2O4/c1-15(2)13(18)17(14(19)20-15)9-11-8-12(16-21-11)10-6-4-3-5-7-10/h3-7,11H,8-9H2,1-2H3. The van der Waals surface area contributed by atoms with Gasteiger partial charge in [0.1, 0.15) is 0 Å². The number of amides is 2. The quantitative estimate of drug-likeness (QED) is 0.852. The molecule has 6 nitrogen and oxygen atoms in total. The van der Waals surface area contributed by atoms with Gasteiger partial charge < -0.3 is 9.57 Å². The fourth-order valence-corrected chi connectivity index (χ4v) is 2.41. The van der Waals surface area contributed by atoms with E-state index in [4.69, 9.17) is 9.57 Å². The molecule has 6 heteroatoms. The van der Waals surface area contributed by atoms with Crippen LogP contribution in [0.2, 0.25) is 0 Å². The molecule has 21 heavy (non-hydrogen) atoms. The second-order valence-electron chi connectivity index (χ2n) is 5.63. The van der Waals surface area contributed by atoms with Gasteiger partial charge in [-0.1, -0.05) is 35.5 Å². The zero-order valence-electron chi connectivity index (χ0n) is 11.9. The summed E-state index contributed by atoms with van der Waals surface area (Å²) in [4.78, 5) is 30.2. The molecule has 0 radical (unpaired) electrons. The number of benzene rings is 1. The van der Waals surface area contributed by atoms with Crippen molar-refractivity contribution in [3.8, 4) is 0 Å². The molecule has 0 spiro atoms. The lowest BCUT2D eigenvalue weighted by atomic mass is 10.0. The zero-order valence-corrected chi connectivity index (χ0v) is 11.9. The van der Waals surface area contributed by atoms with Crippen LogP contribution in [0.1, 0.15) is 25.8 Å². The zero-order chi connectivity index (χ0) is 15.0. The van der Waals surface area contributed by atoms with Crippen molar-refractivity contribution < 1.29 is 19.2 Å². The lowest BCUT2D eigenvalue weighted by Crippen LogP contribution is -2.40. The Morgan fingerprint density at radius 2 is 2.00 bits per heavy atom. The molecule has 3 rings (SSSR count). The van der Waals surface area contributed by atoms with E-state index in [9.17, 15) is 9.59 Å². The van der Waals surface area contributed by atoms with Crippen LogP contribution in [0.5, 0.6) is 0 Å². The maximum atomic E-state index is 12.1. The molecule has 0 aliphatic carbocycles. The maximum absolute atomic E-state index is 12.1. The Kier molecular flexibility index (Phi) is 3.16. The van der Waals surface area contributed by atoms with Crippen molar-refractivity contribution in [2.75, 3.05) is 6.54 Å². The highest BCUT2D eigenvalue weighted by Gasteiger charge is 2.48. The van der Waals surface area contributed by atoms with Crippen molar-refractivity contribution in [1.29, 1.82) is 0 Å². The minimum absolute atomic E-state index is 0.154. The molecule has 2 heterocycles. The maximum Gasteiger partial charge on any atom is 0.417 e. The Hall–Kier alpha value is -2.37. The smallest absolute Gasteiger partial charge is 0.417 e. The van der Waals surface area contributed by atoms with Gasteiger partial charge in [0, 0.05) is 6.42 Å². The van der Waals surface area contributed by atoms with Crippen molar-refractivity contribution in [2.24, 2.45) is 5.16 Å². The molecule has 0 N–H and O–H groups in total. The highest BCUT2D eigenvalue weighted by molar-refractivity contribution is 6.03.